The van der Waals surface area contributed by atoms with E-state index in [0.717, 1.165) is 16.7 Å². The SMILES string of the molecule is CCOC1(O)CN(S(=O)(=O)c2ccc(C)cc2)CC(c2ccccc2)(c2ccccc2)C1. The summed E-state index contributed by atoms with van der Waals surface area (Å²) in [5.41, 5.74) is 2.08. The molecule has 1 aliphatic heterocycles. The van der Waals surface area contributed by atoms with E-state index in [4.69, 9.17) is 4.74 Å². The molecule has 168 valence electrons. The smallest absolute Gasteiger partial charge is 0.243 e. The van der Waals surface area contributed by atoms with Crippen molar-refractivity contribution in [2.24, 2.45) is 0 Å². The minimum atomic E-state index is -3.86. The Kier molecular flexibility index (Phi) is 6.23. The van der Waals surface area contributed by atoms with Crippen molar-refractivity contribution in [3.05, 3.63) is 102 Å². The molecule has 1 aliphatic rings. The number of aliphatic hydroxyl groups is 1. The van der Waals surface area contributed by atoms with Gasteiger partial charge in [0.1, 0.15) is 0 Å². The Labute approximate surface area is 190 Å². The maximum atomic E-state index is 13.7. The molecule has 0 saturated carbocycles. The van der Waals surface area contributed by atoms with Crippen LogP contribution in [-0.4, -0.2) is 43.3 Å². The number of sulfonamides is 1. The minimum Gasteiger partial charge on any atom is -0.364 e. The van der Waals surface area contributed by atoms with Gasteiger partial charge in [0.25, 0.3) is 0 Å². The molecule has 0 bridgehead atoms. The zero-order chi connectivity index (χ0) is 22.8. The Morgan fingerprint density at radius 3 is 1.91 bits per heavy atom. The molecule has 32 heavy (non-hydrogen) atoms. The van der Waals surface area contributed by atoms with Crippen LogP contribution in [0, 0.1) is 6.92 Å². The van der Waals surface area contributed by atoms with Gasteiger partial charge in [-0.25, -0.2) is 8.42 Å². The second kappa shape index (κ2) is 8.79. The molecule has 0 aliphatic carbocycles. The highest BCUT2D eigenvalue weighted by Crippen LogP contribution is 2.45. The Bertz CT molecular complexity index is 1110. The Balaban J connectivity index is 1.89. The molecule has 1 unspecified atom stereocenters. The molecule has 0 spiro atoms. The average Bonchev–Trinajstić information content (AvgIpc) is 2.80. The molecule has 4 rings (SSSR count). The number of piperidine rings is 1. The molecule has 0 amide bonds. The van der Waals surface area contributed by atoms with Crippen molar-refractivity contribution < 1.29 is 18.3 Å². The summed E-state index contributed by atoms with van der Waals surface area (Å²) in [6.45, 7) is 4.07. The van der Waals surface area contributed by atoms with Crippen molar-refractivity contribution in [1.29, 1.82) is 0 Å². The average molecular weight is 452 g/mol. The standard InChI is InChI=1S/C26H29NO4S/c1-3-31-26(28)18-25(22-10-6-4-7-11-22,23-12-8-5-9-13-23)19-27(20-26)32(29,30)24-16-14-21(2)15-17-24/h4-17,28H,3,18-20H2,1-2H3. The second-order valence-corrected chi connectivity index (χ2v) is 10.4. The topological polar surface area (TPSA) is 66.8 Å². The number of hydrogen-bond donors (Lipinski definition) is 1. The lowest BCUT2D eigenvalue weighted by molar-refractivity contribution is -0.228. The van der Waals surface area contributed by atoms with Crippen LogP contribution in [0.5, 0.6) is 0 Å². The van der Waals surface area contributed by atoms with Crippen LogP contribution in [-0.2, 0) is 20.2 Å². The van der Waals surface area contributed by atoms with E-state index in [1.165, 1.54) is 4.31 Å². The molecule has 1 saturated heterocycles. The molecule has 1 atom stereocenters. The molecule has 6 heteroatoms. The first kappa shape index (κ1) is 22.7. The predicted molar refractivity (Wildman–Crippen MR) is 125 cm³/mol. The lowest BCUT2D eigenvalue weighted by Crippen LogP contribution is -2.61. The maximum absolute atomic E-state index is 13.7. The first-order chi connectivity index (χ1) is 15.3. The van der Waals surface area contributed by atoms with E-state index in [0.29, 0.717) is 0 Å². The largest absolute Gasteiger partial charge is 0.364 e. The third-order valence-corrected chi connectivity index (χ3v) is 7.98. The molecule has 1 heterocycles. The van der Waals surface area contributed by atoms with Crippen LogP contribution in [0.1, 0.15) is 30.0 Å². The van der Waals surface area contributed by atoms with E-state index < -0.39 is 21.2 Å². The van der Waals surface area contributed by atoms with Gasteiger partial charge in [-0.2, -0.15) is 4.31 Å². The van der Waals surface area contributed by atoms with E-state index >= 15 is 0 Å². The molecule has 0 aromatic heterocycles. The zero-order valence-electron chi connectivity index (χ0n) is 18.4. The summed E-state index contributed by atoms with van der Waals surface area (Å²) in [4.78, 5) is 0.207. The van der Waals surface area contributed by atoms with Crippen molar-refractivity contribution >= 4 is 10.0 Å². The van der Waals surface area contributed by atoms with Crippen LogP contribution in [0.15, 0.2) is 89.8 Å². The number of ether oxygens (including phenoxy) is 1. The minimum absolute atomic E-state index is 0.127. The summed E-state index contributed by atoms with van der Waals surface area (Å²) in [5.74, 6) is -1.63. The predicted octanol–water partition coefficient (Wildman–Crippen LogP) is 4.10. The number of nitrogens with zero attached hydrogens (tertiary/aromatic N) is 1. The fourth-order valence-electron chi connectivity index (χ4n) is 4.68. The summed E-state index contributed by atoms with van der Waals surface area (Å²) >= 11 is 0. The number of β-amino-alcohol motifs (C(OH)–C–C–N with tert-alkyl or cyclic N) is 1. The van der Waals surface area contributed by atoms with Crippen molar-refractivity contribution in [2.45, 2.75) is 36.4 Å². The summed E-state index contributed by atoms with van der Waals surface area (Å²) in [6, 6.07) is 26.4. The van der Waals surface area contributed by atoms with Gasteiger partial charge in [0.2, 0.25) is 10.0 Å². The molecule has 0 radical (unpaired) electrons. The van der Waals surface area contributed by atoms with E-state index in [2.05, 4.69) is 0 Å². The number of hydrogen-bond acceptors (Lipinski definition) is 4. The summed E-state index contributed by atoms with van der Waals surface area (Å²) < 4.78 is 34.6. The summed E-state index contributed by atoms with van der Waals surface area (Å²) in [6.07, 6.45) is 0.252. The van der Waals surface area contributed by atoms with Crippen LogP contribution in [0.4, 0.5) is 0 Å². The lowest BCUT2D eigenvalue weighted by atomic mass is 9.68. The van der Waals surface area contributed by atoms with Gasteiger partial charge in [-0.1, -0.05) is 78.4 Å². The molecule has 5 nitrogen and oxygen atoms in total. The Morgan fingerprint density at radius 1 is 0.875 bits per heavy atom. The first-order valence-corrected chi connectivity index (χ1v) is 12.3. The van der Waals surface area contributed by atoms with Gasteiger partial charge >= 0.3 is 0 Å². The molecule has 1 N–H and O–H groups in total. The van der Waals surface area contributed by atoms with Gasteiger partial charge in [-0.15, -0.1) is 0 Å². The number of aryl methyl sites for hydroxylation is 1. The van der Waals surface area contributed by atoms with E-state index in [1.54, 1.807) is 31.2 Å². The Hall–Kier alpha value is -2.51. The van der Waals surface area contributed by atoms with Gasteiger partial charge in [-0.05, 0) is 37.1 Å². The van der Waals surface area contributed by atoms with Crippen LogP contribution in [0.25, 0.3) is 0 Å². The molecule has 1 fully saturated rings. The maximum Gasteiger partial charge on any atom is 0.243 e. The zero-order valence-corrected chi connectivity index (χ0v) is 19.3. The molecular formula is C26H29NO4S. The highest BCUT2D eigenvalue weighted by molar-refractivity contribution is 7.89. The quantitative estimate of drug-likeness (QED) is 0.573. The fourth-order valence-corrected chi connectivity index (χ4v) is 6.22. The summed E-state index contributed by atoms with van der Waals surface area (Å²) in [5, 5.41) is 11.5. The van der Waals surface area contributed by atoms with Crippen molar-refractivity contribution in [1.82, 2.24) is 4.31 Å². The van der Waals surface area contributed by atoms with Gasteiger partial charge < -0.3 is 9.84 Å². The highest BCUT2D eigenvalue weighted by Gasteiger charge is 2.52. The third-order valence-electron chi connectivity index (χ3n) is 6.17. The lowest BCUT2D eigenvalue weighted by Gasteiger charge is -2.49. The van der Waals surface area contributed by atoms with Crippen molar-refractivity contribution in [3.8, 4) is 0 Å². The van der Waals surface area contributed by atoms with Crippen molar-refractivity contribution in [3.63, 3.8) is 0 Å². The van der Waals surface area contributed by atoms with Crippen LogP contribution in [0.2, 0.25) is 0 Å². The van der Waals surface area contributed by atoms with E-state index in [9.17, 15) is 13.5 Å². The van der Waals surface area contributed by atoms with Crippen LogP contribution in [0.3, 0.4) is 0 Å². The molecular weight excluding hydrogens is 422 g/mol. The second-order valence-electron chi connectivity index (χ2n) is 8.46. The molecule has 3 aromatic carbocycles. The van der Waals surface area contributed by atoms with Crippen LogP contribution >= 0.6 is 0 Å². The van der Waals surface area contributed by atoms with E-state index in [1.807, 2.05) is 67.6 Å². The van der Waals surface area contributed by atoms with Gasteiger partial charge in [0.15, 0.2) is 5.79 Å². The normalized spacial score (nSPS) is 21.3. The van der Waals surface area contributed by atoms with Gasteiger partial charge in [0.05, 0.1) is 11.4 Å². The van der Waals surface area contributed by atoms with E-state index in [-0.39, 0.29) is 31.0 Å². The van der Waals surface area contributed by atoms with Crippen molar-refractivity contribution in [2.75, 3.05) is 19.7 Å². The van der Waals surface area contributed by atoms with Gasteiger partial charge in [0, 0.05) is 25.0 Å². The number of benzene rings is 3. The Morgan fingerprint density at radius 2 is 1.41 bits per heavy atom. The summed E-state index contributed by atoms with van der Waals surface area (Å²) in [7, 11) is -3.86. The third kappa shape index (κ3) is 4.24. The van der Waals surface area contributed by atoms with Gasteiger partial charge in [-0.3, -0.25) is 0 Å². The monoisotopic (exact) mass is 451 g/mol. The van der Waals surface area contributed by atoms with Crippen LogP contribution < -0.4 is 0 Å². The number of rotatable bonds is 6. The highest BCUT2D eigenvalue weighted by atomic mass is 32.2. The fraction of sp³-hybridized carbons (Fsp3) is 0.308. The molecule has 3 aromatic rings. The first-order valence-electron chi connectivity index (χ1n) is 10.8.